The van der Waals surface area contributed by atoms with Gasteiger partial charge in [-0.3, -0.25) is 4.79 Å². The summed E-state index contributed by atoms with van der Waals surface area (Å²) in [5.41, 5.74) is 5.77. The van der Waals surface area contributed by atoms with E-state index in [9.17, 15) is 4.79 Å². The van der Waals surface area contributed by atoms with E-state index < -0.39 is 0 Å². The molecule has 0 aliphatic heterocycles. The molecule has 0 aliphatic rings. The van der Waals surface area contributed by atoms with Gasteiger partial charge in [0.2, 0.25) is 0 Å². The zero-order chi connectivity index (χ0) is 19.9. The van der Waals surface area contributed by atoms with E-state index >= 15 is 0 Å². The Labute approximate surface area is 173 Å². The molecule has 1 aromatic heterocycles. The first-order valence-corrected chi connectivity index (χ1v) is 9.85. The van der Waals surface area contributed by atoms with Crippen molar-refractivity contribution in [3.05, 3.63) is 76.5 Å². The number of nitrogens with one attached hydrogen (secondary N) is 2. The van der Waals surface area contributed by atoms with E-state index in [0.29, 0.717) is 10.8 Å². The van der Waals surface area contributed by atoms with Crippen LogP contribution < -0.4 is 10.7 Å². The molecule has 0 unspecified atom stereocenters. The molecule has 2 N–H and O–H groups in total. The molecule has 1 amide bonds. The molecule has 5 nitrogen and oxygen atoms in total. The first-order valence-electron chi connectivity index (χ1n) is 8.66. The summed E-state index contributed by atoms with van der Waals surface area (Å²) in [6.07, 6.45) is 1.47. The third-order valence-corrected chi connectivity index (χ3v) is 5.16. The van der Waals surface area contributed by atoms with Crippen molar-refractivity contribution >= 4 is 41.2 Å². The predicted molar refractivity (Wildman–Crippen MR) is 114 cm³/mol. The molecule has 0 saturated carbocycles. The minimum absolute atomic E-state index is 0.135. The van der Waals surface area contributed by atoms with Gasteiger partial charge in [-0.25, -0.2) is 5.43 Å². The van der Waals surface area contributed by atoms with Crippen molar-refractivity contribution in [2.75, 3.05) is 11.9 Å². The smallest absolute Gasteiger partial charge is 0.259 e. The summed E-state index contributed by atoms with van der Waals surface area (Å²) in [7, 11) is 0. The third kappa shape index (κ3) is 5.90. The summed E-state index contributed by atoms with van der Waals surface area (Å²) < 4.78 is 5.67. The van der Waals surface area contributed by atoms with Crippen LogP contribution in [0, 0.1) is 13.8 Å². The van der Waals surface area contributed by atoms with Gasteiger partial charge in [-0.1, -0.05) is 29.4 Å². The quantitative estimate of drug-likeness (QED) is 0.409. The molecule has 0 bridgehead atoms. The summed E-state index contributed by atoms with van der Waals surface area (Å²) in [6.45, 7) is 4.22. The Bertz CT molecular complexity index is 984. The van der Waals surface area contributed by atoms with Crippen LogP contribution in [0.15, 0.2) is 74.1 Å². The molecule has 3 rings (SSSR count). The molecule has 0 radical (unpaired) electrons. The van der Waals surface area contributed by atoms with Crippen LogP contribution in [0.25, 0.3) is 0 Å². The molecule has 0 aliphatic carbocycles. The number of hydrazone groups is 1. The van der Waals surface area contributed by atoms with E-state index in [1.54, 1.807) is 6.07 Å². The molecule has 7 heteroatoms. The number of anilines is 1. The Kier molecular flexibility index (Phi) is 6.79. The average Bonchev–Trinajstić information content (AvgIpc) is 3.12. The van der Waals surface area contributed by atoms with E-state index in [1.807, 2.05) is 55.5 Å². The van der Waals surface area contributed by atoms with E-state index in [1.165, 1.54) is 29.1 Å². The lowest BCUT2D eigenvalue weighted by Crippen LogP contribution is -2.25. The second-order valence-electron chi connectivity index (χ2n) is 6.16. The number of halogens is 1. The lowest BCUT2D eigenvalue weighted by atomic mass is 10.1. The second-order valence-corrected chi connectivity index (χ2v) is 7.67. The van der Waals surface area contributed by atoms with E-state index in [2.05, 4.69) is 22.8 Å². The fourth-order valence-corrected chi connectivity index (χ4v) is 3.22. The summed E-state index contributed by atoms with van der Waals surface area (Å²) in [5.74, 6) is 0.315. The van der Waals surface area contributed by atoms with Crippen molar-refractivity contribution in [1.29, 1.82) is 0 Å². The van der Waals surface area contributed by atoms with Gasteiger partial charge in [0.1, 0.15) is 5.76 Å². The van der Waals surface area contributed by atoms with Crippen LogP contribution in [0.4, 0.5) is 5.69 Å². The SMILES string of the molecule is Cc1ccc(NCC(=O)N/N=C\c2ccc(Sc3ccc(Cl)cc3)o2)cc1C. The minimum Gasteiger partial charge on any atom is -0.448 e. The summed E-state index contributed by atoms with van der Waals surface area (Å²) in [4.78, 5) is 12.9. The number of hydrogen-bond donors (Lipinski definition) is 2. The predicted octanol–water partition coefficient (Wildman–Crippen LogP) is 5.26. The minimum atomic E-state index is -0.239. The second kappa shape index (κ2) is 9.48. The average molecular weight is 414 g/mol. The number of carbonyl (C=O) groups excluding carboxylic acids is 1. The lowest BCUT2D eigenvalue weighted by molar-refractivity contribution is -0.119. The van der Waals surface area contributed by atoms with Crippen LogP contribution >= 0.6 is 23.4 Å². The molecule has 2 aromatic carbocycles. The summed E-state index contributed by atoms with van der Waals surface area (Å²) in [5, 5.41) is 8.43. The molecular weight excluding hydrogens is 394 g/mol. The molecule has 3 aromatic rings. The maximum absolute atomic E-state index is 11.9. The maximum atomic E-state index is 11.9. The van der Waals surface area contributed by atoms with Gasteiger partial charge in [-0.2, -0.15) is 5.10 Å². The highest BCUT2D eigenvalue weighted by Crippen LogP contribution is 2.29. The number of carbonyl (C=O) groups is 1. The number of furan rings is 1. The van der Waals surface area contributed by atoms with Crippen LogP contribution in [-0.4, -0.2) is 18.7 Å². The fraction of sp³-hybridized carbons (Fsp3) is 0.143. The van der Waals surface area contributed by atoms with Gasteiger partial charge in [-0.15, -0.1) is 0 Å². The van der Waals surface area contributed by atoms with Gasteiger partial charge < -0.3 is 9.73 Å². The van der Waals surface area contributed by atoms with Crippen LogP contribution in [0.3, 0.4) is 0 Å². The molecule has 28 heavy (non-hydrogen) atoms. The van der Waals surface area contributed by atoms with Gasteiger partial charge in [-0.05, 0) is 73.5 Å². The largest absolute Gasteiger partial charge is 0.448 e. The zero-order valence-corrected chi connectivity index (χ0v) is 17.1. The van der Waals surface area contributed by atoms with Crippen LogP contribution in [-0.2, 0) is 4.79 Å². The molecule has 0 spiro atoms. The number of benzene rings is 2. The Hall–Kier alpha value is -2.70. The molecule has 0 saturated heterocycles. The van der Waals surface area contributed by atoms with Gasteiger partial charge in [0.05, 0.1) is 12.8 Å². The van der Waals surface area contributed by atoms with E-state index in [-0.39, 0.29) is 12.5 Å². The van der Waals surface area contributed by atoms with E-state index in [4.69, 9.17) is 16.0 Å². The molecular formula is C21H20ClN3O2S. The number of rotatable bonds is 7. The standard InChI is InChI=1S/C21H20ClN3O2S/c1-14-3-6-17(11-15(14)2)23-13-20(26)25-24-12-18-7-10-21(27-18)28-19-8-4-16(22)5-9-19/h3-12,23H,13H2,1-2H3,(H,25,26)/b24-12-. The number of hydrogen-bond acceptors (Lipinski definition) is 5. The zero-order valence-electron chi connectivity index (χ0n) is 15.5. The Balaban J connectivity index is 1.46. The maximum Gasteiger partial charge on any atom is 0.259 e. The monoisotopic (exact) mass is 413 g/mol. The van der Waals surface area contributed by atoms with Gasteiger partial charge in [0.25, 0.3) is 5.91 Å². The van der Waals surface area contributed by atoms with Crippen molar-refractivity contribution in [1.82, 2.24) is 5.43 Å². The van der Waals surface area contributed by atoms with Crippen molar-refractivity contribution in [3.63, 3.8) is 0 Å². The highest BCUT2D eigenvalue weighted by atomic mass is 35.5. The summed E-state index contributed by atoms with van der Waals surface area (Å²) in [6, 6.07) is 17.1. The van der Waals surface area contributed by atoms with Crippen molar-refractivity contribution in [2.24, 2.45) is 5.10 Å². The van der Waals surface area contributed by atoms with Gasteiger partial charge in [0.15, 0.2) is 5.09 Å². The van der Waals surface area contributed by atoms with E-state index in [0.717, 1.165) is 15.7 Å². The van der Waals surface area contributed by atoms with Crippen molar-refractivity contribution in [2.45, 2.75) is 23.8 Å². The van der Waals surface area contributed by atoms with Gasteiger partial charge >= 0.3 is 0 Å². The Morgan fingerprint density at radius 2 is 1.89 bits per heavy atom. The molecule has 144 valence electrons. The highest BCUT2D eigenvalue weighted by molar-refractivity contribution is 7.99. The number of nitrogens with zero attached hydrogens (tertiary/aromatic N) is 1. The topological polar surface area (TPSA) is 66.6 Å². The molecule has 0 atom stereocenters. The van der Waals surface area contributed by atoms with Crippen LogP contribution in [0.5, 0.6) is 0 Å². The van der Waals surface area contributed by atoms with Crippen molar-refractivity contribution in [3.8, 4) is 0 Å². The first-order chi connectivity index (χ1) is 13.5. The number of amides is 1. The lowest BCUT2D eigenvalue weighted by Gasteiger charge is -2.07. The highest BCUT2D eigenvalue weighted by Gasteiger charge is 2.04. The first kappa shape index (κ1) is 20.0. The molecule has 0 fully saturated rings. The Morgan fingerprint density at radius 3 is 2.64 bits per heavy atom. The fourth-order valence-electron chi connectivity index (χ4n) is 2.32. The van der Waals surface area contributed by atoms with Crippen molar-refractivity contribution < 1.29 is 9.21 Å². The Morgan fingerprint density at radius 1 is 1.11 bits per heavy atom. The third-order valence-electron chi connectivity index (χ3n) is 3.98. The van der Waals surface area contributed by atoms with Crippen LogP contribution in [0.2, 0.25) is 5.02 Å². The van der Waals surface area contributed by atoms with Gasteiger partial charge in [0, 0.05) is 15.6 Å². The van der Waals surface area contributed by atoms with Crippen LogP contribution in [0.1, 0.15) is 16.9 Å². The normalized spacial score (nSPS) is 11.0. The number of aryl methyl sites for hydroxylation is 2. The summed E-state index contributed by atoms with van der Waals surface area (Å²) >= 11 is 7.36. The molecule has 1 heterocycles.